The topological polar surface area (TPSA) is 3.24 Å². The van der Waals surface area contributed by atoms with E-state index in [1.54, 1.807) is 0 Å². The van der Waals surface area contributed by atoms with Gasteiger partial charge in [-0.1, -0.05) is 35.9 Å². The highest BCUT2D eigenvalue weighted by Gasteiger charge is 2.45. The number of nitrogens with zero attached hydrogens (tertiary/aromatic N) is 1. The molecule has 3 rings (SSSR count). The molecule has 0 N–H and O–H groups in total. The van der Waals surface area contributed by atoms with E-state index in [4.69, 9.17) is 0 Å². The molecule has 0 spiro atoms. The molecule has 1 aromatic rings. The Labute approximate surface area is 99.5 Å². The molecule has 2 atom stereocenters. The van der Waals surface area contributed by atoms with Crippen LogP contribution in [0.3, 0.4) is 0 Å². The molecule has 1 saturated heterocycles. The fraction of sp³-hybridized carbons (Fsp3) is 0.600. The zero-order valence-corrected chi connectivity index (χ0v) is 10.7. The van der Waals surface area contributed by atoms with Crippen molar-refractivity contribution in [1.29, 1.82) is 0 Å². The zero-order chi connectivity index (χ0) is 11.5. The van der Waals surface area contributed by atoms with Crippen molar-refractivity contribution in [3.63, 3.8) is 0 Å². The molecule has 2 aliphatic rings. The van der Waals surface area contributed by atoms with Crippen LogP contribution in [-0.2, 0) is 0 Å². The highest BCUT2D eigenvalue weighted by Crippen LogP contribution is 2.45. The summed E-state index contributed by atoms with van der Waals surface area (Å²) in [5.41, 5.74) is 1.32. The van der Waals surface area contributed by atoms with Crippen LogP contribution in [0.25, 0.3) is 0 Å². The van der Waals surface area contributed by atoms with E-state index in [0.29, 0.717) is 0 Å². The second-order valence-corrected chi connectivity index (χ2v) is 5.46. The van der Waals surface area contributed by atoms with Gasteiger partial charge in [0.15, 0.2) is 0 Å². The lowest BCUT2D eigenvalue weighted by atomic mass is 10.2. The van der Waals surface area contributed by atoms with Crippen LogP contribution in [0.5, 0.6) is 0 Å². The van der Waals surface area contributed by atoms with Crippen molar-refractivity contribution in [3.05, 3.63) is 35.9 Å². The average molecular weight is 217 g/mol. The van der Waals surface area contributed by atoms with E-state index in [9.17, 15) is 0 Å². The number of hydrogen-bond donors (Lipinski definition) is 0. The molecule has 88 valence electrons. The molecular formula is C15H23N. The Morgan fingerprint density at radius 3 is 1.94 bits per heavy atom. The fourth-order valence-corrected chi connectivity index (χ4v) is 2.39. The minimum absolute atomic E-state index is 0.790. The minimum Gasteiger partial charge on any atom is -0.300 e. The Morgan fingerprint density at radius 1 is 1.06 bits per heavy atom. The maximum absolute atomic E-state index is 2.60. The van der Waals surface area contributed by atoms with Gasteiger partial charge in [-0.3, -0.25) is 0 Å². The Balaban J connectivity index is 0.000000125. The first-order valence-corrected chi connectivity index (χ1v) is 6.42. The van der Waals surface area contributed by atoms with Gasteiger partial charge >= 0.3 is 0 Å². The number of hydrogen-bond acceptors (Lipinski definition) is 1. The molecule has 1 aromatic carbocycles. The lowest BCUT2D eigenvalue weighted by Gasteiger charge is -2.21. The summed E-state index contributed by atoms with van der Waals surface area (Å²) >= 11 is 0. The number of fused-ring (bicyclic) bond motifs is 1. The third kappa shape index (κ3) is 3.08. The van der Waals surface area contributed by atoms with Crippen LogP contribution < -0.4 is 0 Å². The third-order valence-corrected chi connectivity index (χ3v) is 3.68. The van der Waals surface area contributed by atoms with Crippen molar-refractivity contribution in [2.75, 3.05) is 13.1 Å². The van der Waals surface area contributed by atoms with Gasteiger partial charge in [0.2, 0.25) is 0 Å². The molecule has 1 saturated carbocycles. The Kier molecular flexibility index (Phi) is 3.65. The predicted octanol–water partition coefficient (Wildman–Crippen LogP) is 3.34. The number of piperidine rings is 1. The Bertz CT molecular complexity index is 307. The lowest BCUT2D eigenvalue weighted by Crippen LogP contribution is -2.29. The maximum atomic E-state index is 2.60. The zero-order valence-electron chi connectivity index (χ0n) is 10.7. The molecular weight excluding hydrogens is 194 g/mol. The second kappa shape index (κ2) is 5.01. The van der Waals surface area contributed by atoms with Crippen LogP contribution in [0.1, 0.15) is 25.8 Å². The van der Waals surface area contributed by atoms with E-state index < -0.39 is 0 Å². The molecule has 1 unspecified atom stereocenters. The van der Waals surface area contributed by atoms with Crippen molar-refractivity contribution in [1.82, 2.24) is 4.90 Å². The van der Waals surface area contributed by atoms with Gasteiger partial charge in [0.05, 0.1) is 0 Å². The molecule has 1 nitrogen and oxygen atoms in total. The van der Waals surface area contributed by atoms with E-state index >= 15 is 0 Å². The Hall–Kier alpha value is -0.820. The monoisotopic (exact) mass is 217 g/mol. The second-order valence-electron chi connectivity index (χ2n) is 5.46. The molecule has 1 heteroatoms. The number of benzene rings is 1. The molecule has 16 heavy (non-hydrogen) atoms. The van der Waals surface area contributed by atoms with E-state index in [1.165, 1.54) is 25.1 Å². The fourth-order valence-electron chi connectivity index (χ4n) is 2.39. The van der Waals surface area contributed by atoms with Crippen molar-refractivity contribution < 1.29 is 0 Å². The van der Waals surface area contributed by atoms with E-state index in [-0.39, 0.29) is 0 Å². The van der Waals surface area contributed by atoms with Gasteiger partial charge in [-0.25, -0.2) is 0 Å². The summed E-state index contributed by atoms with van der Waals surface area (Å²) in [6.07, 6.45) is 1.53. The predicted molar refractivity (Wildman–Crippen MR) is 69.5 cm³/mol. The quantitative estimate of drug-likeness (QED) is 0.697. The summed E-state index contributed by atoms with van der Waals surface area (Å²) in [4.78, 5) is 2.60. The van der Waals surface area contributed by atoms with Crippen LogP contribution in [0, 0.1) is 18.8 Å². The third-order valence-electron chi connectivity index (χ3n) is 3.68. The van der Waals surface area contributed by atoms with Crippen LogP contribution >= 0.6 is 0 Å². The highest BCUT2D eigenvalue weighted by molar-refractivity contribution is 5.11. The van der Waals surface area contributed by atoms with Gasteiger partial charge in [0.1, 0.15) is 0 Å². The molecule has 0 bridgehead atoms. The van der Waals surface area contributed by atoms with Crippen molar-refractivity contribution in [3.8, 4) is 0 Å². The first kappa shape index (κ1) is 11.7. The van der Waals surface area contributed by atoms with Gasteiger partial charge in [0.25, 0.3) is 0 Å². The van der Waals surface area contributed by atoms with Crippen LogP contribution in [0.15, 0.2) is 30.3 Å². The SMILES string of the molecule is CC(C)N1CC2C[C@@H]2C1.Cc1ccccc1. The van der Waals surface area contributed by atoms with Crippen LogP contribution in [-0.4, -0.2) is 24.0 Å². The molecule has 1 aliphatic carbocycles. The van der Waals surface area contributed by atoms with Crippen LogP contribution in [0.4, 0.5) is 0 Å². The van der Waals surface area contributed by atoms with E-state index in [2.05, 4.69) is 37.8 Å². The molecule has 0 amide bonds. The van der Waals surface area contributed by atoms with E-state index in [1.807, 2.05) is 18.2 Å². The van der Waals surface area contributed by atoms with E-state index in [0.717, 1.165) is 17.9 Å². The van der Waals surface area contributed by atoms with Gasteiger partial charge in [-0.2, -0.15) is 0 Å². The molecule has 1 heterocycles. The van der Waals surface area contributed by atoms with Gasteiger partial charge in [0, 0.05) is 19.1 Å². The normalized spacial score (nSPS) is 27.2. The number of aryl methyl sites for hydroxylation is 1. The van der Waals surface area contributed by atoms with Gasteiger partial charge in [-0.15, -0.1) is 0 Å². The number of rotatable bonds is 1. The first-order chi connectivity index (χ1) is 7.66. The average Bonchev–Trinajstić information content (AvgIpc) is 2.87. The van der Waals surface area contributed by atoms with Crippen molar-refractivity contribution >= 4 is 0 Å². The van der Waals surface area contributed by atoms with Gasteiger partial charge in [-0.05, 0) is 39.0 Å². The molecule has 0 aromatic heterocycles. The summed E-state index contributed by atoms with van der Waals surface area (Å²) in [7, 11) is 0. The summed E-state index contributed by atoms with van der Waals surface area (Å²) < 4.78 is 0. The minimum atomic E-state index is 0.790. The highest BCUT2D eigenvalue weighted by atomic mass is 15.2. The maximum Gasteiger partial charge on any atom is 0.00388 e. The number of likely N-dealkylation sites (tertiary alicyclic amines) is 1. The lowest BCUT2D eigenvalue weighted by molar-refractivity contribution is 0.248. The molecule has 0 radical (unpaired) electrons. The summed E-state index contributed by atoms with van der Waals surface area (Å²) in [5, 5.41) is 0. The smallest absolute Gasteiger partial charge is 0.00388 e. The standard InChI is InChI=1S/C8H15N.C7H8/c1-6(2)9-4-7-3-8(7)5-9;1-7-5-3-2-4-6-7/h6-8H,3-5H2,1-2H3;2-6H,1H3/t7-,8?;/m1./s1. The van der Waals surface area contributed by atoms with Crippen LogP contribution in [0.2, 0.25) is 0 Å². The van der Waals surface area contributed by atoms with Crippen molar-refractivity contribution in [2.24, 2.45) is 11.8 Å². The molecule has 1 aliphatic heterocycles. The first-order valence-electron chi connectivity index (χ1n) is 6.42. The summed E-state index contributed by atoms with van der Waals surface area (Å²) in [6.45, 7) is 9.46. The summed E-state index contributed by atoms with van der Waals surface area (Å²) in [5.74, 6) is 2.21. The Morgan fingerprint density at radius 2 is 1.62 bits per heavy atom. The van der Waals surface area contributed by atoms with Crippen molar-refractivity contribution in [2.45, 2.75) is 33.2 Å². The molecule has 2 fully saturated rings. The largest absolute Gasteiger partial charge is 0.300 e. The summed E-state index contributed by atoms with van der Waals surface area (Å²) in [6, 6.07) is 11.1. The van der Waals surface area contributed by atoms with Gasteiger partial charge < -0.3 is 4.90 Å².